The second kappa shape index (κ2) is 8.99. The number of nitrogens with one attached hydrogen (secondary N) is 2. The molecule has 2 fully saturated rings. The largest absolute Gasteiger partial charge is 0.497 e. The Morgan fingerprint density at radius 1 is 0.800 bits per heavy atom. The lowest BCUT2D eigenvalue weighted by atomic mass is 9.51. The third-order valence-electron chi connectivity index (χ3n) is 7.04. The Morgan fingerprint density at radius 3 is 1.70 bits per heavy atom. The number of ether oxygens (including phenoxy) is 1. The fraction of sp³-hybridized carbons (Fsp3) is 0.680. The first-order chi connectivity index (χ1) is 14.2. The average Bonchev–Trinajstić information content (AvgIpc) is 2.74. The highest BCUT2D eigenvalue weighted by Gasteiger charge is 2.60. The van der Waals surface area contributed by atoms with Gasteiger partial charge in [-0.2, -0.15) is 0 Å². The molecule has 0 bridgehead atoms. The first-order valence-corrected chi connectivity index (χ1v) is 11.5. The smallest absolute Gasteiger partial charge is 0.231 e. The lowest BCUT2D eigenvalue weighted by Crippen LogP contribution is -2.61. The number of rotatable bonds is 5. The van der Waals surface area contributed by atoms with Gasteiger partial charge in [-0.3, -0.25) is 9.59 Å². The van der Waals surface area contributed by atoms with Crippen LogP contribution in [0.5, 0.6) is 5.75 Å². The molecule has 2 amide bonds. The minimum Gasteiger partial charge on any atom is -0.497 e. The Balaban J connectivity index is 1.97. The van der Waals surface area contributed by atoms with Gasteiger partial charge in [-0.05, 0) is 70.7 Å². The van der Waals surface area contributed by atoms with Crippen LogP contribution in [-0.2, 0) is 9.59 Å². The van der Waals surface area contributed by atoms with Gasteiger partial charge in [0.2, 0.25) is 11.8 Å². The van der Waals surface area contributed by atoms with E-state index in [0.29, 0.717) is 0 Å². The van der Waals surface area contributed by atoms with Gasteiger partial charge >= 0.3 is 0 Å². The van der Waals surface area contributed by atoms with Crippen LogP contribution >= 0.6 is 0 Å². The highest BCUT2D eigenvalue weighted by Crippen LogP contribution is 2.57. The molecule has 0 radical (unpaired) electrons. The van der Waals surface area contributed by atoms with Crippen molar-refractivity contribution >= 4 is 17.5 Å². The molecule has 2 aliphatic carbocycles. The third kappa shape index (κ3) is 4.50. The summed E-state index contributed by atoms with van der Waals surface area (Å²) in [6.07, 6.45) is 9.45. The summed E-state index contributed by atoms with van der Waals surface area (Å²) >= 11 is 0. The second-order valence-corrected chi connectivity index (χ2v) is 10.2. The molecule has 30 heavy (non-hydrogen) atoms. The Hall–Kier alpha value is -2.04. The van der Waals surface area contributed by atoms with Crippen LogP contribution in [0.1, 0.15) is 85.0 Å². The molecule has 2 N–H and O–H groups in total. The van der Waals surface area contributed by atoms with Crippen LogP contribution in [0.15, 0.2) is 24.3 Å². The molecule has 2 aliphatic rings. The van der Waals surface area contributed by atoms with Crippen LogP contribution in [0, 0.1) is 10.8 Å². The predicted octanol–water partition coefficient (Wildman–Crippen LogP) is 5.45. The Labute approximate surface area is 181 Å². The molecule has 0 atom stereocenters. The van der Waals surface area contributed by atoms with Crippen molar-refractivity contribution in [2.45, 2.75) is 90.5 Å². The molecule has 3 rings (SSSR count). The van der Waals surface area contributed by atoms with Gasteiger partial charge in [0.15, 0.2) is 0 Å². The zero-order chi connectivity index (χ0) is 21.8. The number of hydrogen-bond donors (Lipinski definition) is 2. The predicted molar refractivity (Wildman–Crippen MR) is 121 cm³/mol. The molecule has 5 nitrogen and oxygen atoms in total. The maximum atomic E-state index is 13.9. The molecule has 0 heterocycles. The first-order valence-electron chi connectivity index (χ1n) is 11.5. The number of anilines is 1. The molecule has 0 saturated heterocycles. The summed E-state index contributed by atoms with van der Waals surface area (Å²) in [6, 6.07) is 7.45. The molecule has 0 aromatic heterocycles. The summed E-state index contributed by atoms with van der Waals surface area (Å²) in [5.41, 5.74) is -0.840. The van der Waals surface area contributed by atoms with E-state index in [1.165, 1.54) is 0 Å². The van der Waals surface area contributed by atoms with Gasteiger partial charge < -0.3 is 15.4 Å². The van der Waals surface area contributed by atoms with Gasteiger partial charge in [-0.25, -0.2) is 0 Å². The summed E-state index contributed by atoms with van der Waals surface area (Å²) < 4.78 is 5.23. The summed E-state index contributed by atoms with van der Waals surface area (Å²) in [6.45, 7) is 6.06. The first kappa shape index (κ1) is 22.6. The molecule has 0 aliphatic heterocycles. The lowest BCUT2D eigenvalue weighted by Gasteiger charge is -2.52. The maximum absolute atomic E-state index is 13.9. The van der Waals surface area contributed by atoms with E-state index in [2.05, 4.69) is 10.6 Å². The van der Waals surface area contributed by atoms with Crippen molar-refractivity contribution in [1.29, 1.82) is 0 Å². The minimum absolute atomic E-state index is 0.0123. The molecule has 166 valence electrons. The SMILES string of the molecule is COc1ccc(NC(=O)C2(C3(C(=O)NC(C)(C)C)CCCCC3)CCCCC2)cc1. The topological polar surface area (TPSA) is 67.4 Å². The molecular weight excluding hydrogens is 376 g/mol. The van der Waals surface area contributed by atoms with E-state index in [0.717, 1.165) is 75.6 Å². The van der Waals surface area contributed by atoms with E-state index in [4.69, 9.17) is 4.74 Å². The molecule has 0 spiro atoms. The minimum atomic E-state index is -0.652. The zero-order valence-corrected chi connectivity index (χ0v) is 19.1. The zero-order valence-electron chi connectivity index (χ0n) is 19.1. The van der Waals surface area contributed by atoms with Crippen LogP contribution in [-0.4, -0.2) is 24.5 Å². The van der Waals surface area contributed by atoms with Crippen LogP contribution in [0.4, 0.5) is 5.69 Å². The number of hydrogen-bond acceptors (Lipinski definition) is 3. The number of amides is 2. The van der Waals surface area contributed by atoms with Crippen molar-refractivity contribution < 1.29 is 14.3 Å². The van der Waals surface area contributed by atoms with Crippen molar-refractivity contribution in [3.8, 4) is 5.75 Å². The summed E-state index contributed by atoms with van der Waals surface area (Å²) in [7, 11) is 1.63. The standard InChI is InChI=1S/C25H38N2O3/c1-23(2,3)27-22(29)25(17-9-6-10-18-25)24(15-7-5-8-16-24)21(28)26-19-11-13-20(30-4)14-12-19/h11-14H,5-10,15-18H2,1-4H3,(H,26,28)(H,27,29). The maximum Gasteiger partial charge on any atom is 0.231 e. The Morgan fingerprint density at radius 2 is 1.27 bits per heavy atom. The van der Waals surface area contributed by atoms with E-state index in [9.17, 15) is 9.59 Å². The van der Waals surface area contributed by atoms with Gasteiger partial charge in [-0.15, -0.1) is 0 Å². The van der Waals surface area contributed by atoms with Crippen molar-refractivity contribution in [2.24, 2.45) is 10.8 Å². The summed E-state index contributed by atoms with van der Waals surface area (Å²) in [5.74, 6) is 0.841. The van der Waals surface area contributed by atoms with Gasteiger partial charge in [0.1, 0.15) is 5.75 Å². The fourth-order valence-electron chi connectivity index (χ4n) is 5.54. The van der Waals surface area contributed by atoms with E-state index in [-0.39, 0.29) is 17.4 Å². The van der Waals surface area contributed by atoms with Crippen molar-refractivity contribution in [1.82, 2.24) is 5.32 Å². The normalized spacial score (nSPS) is 20.8. The molecule has 5 heteroatoms. The van der Waals surface area contributed by atoms with Crippen molar-refractivity contribution in [3.05, 3.63) is 24.3 Å². The Kier molecular flexibility index (Phi) is 6.78. The summed E-state index contributed by atoms with van der Waals surface area (Å²) in [4.78, 5) is 27.7. The lowest BCUT2D eigenvalue weighted by molar-refractivity contribution is -0.158. The van der Waals surface area contributed by atoms with E-state index in [1.54, 1.807) is 7.11 Å². The van der Waals surface area contributed by atoms with Crippen LogP contribution in [0.2, 0.25) is 0 Å². The quantitative estimate of drug-likeness (QED) is 0.673. The van der Waals surface area contributed by atoms with Gasteiger partial charge in [0.25, 0.3) is 0 Å². The van der Waals surface area contributed by atoms with E-state index >= 15 is 0 Å². The van der Waals surface area contributed by atoms with Crippen LogP contribution in [0.3, 0.4) is 0 Å². The van der Waals surface area contributed by atoms with Crippen LogP contribution < -0.4 is 15.4 Å². The number of carbonyl (C=O) groups is 2. The highest BCUT2D eigenvalue weighted by molar-refractivity contribution is 6.00. The average molecular weight is 415 g/mol. The third-order valence-corrected chi connectivity index (χ3v) is 7.04. The van der Waals surface area contributed by atoms with Gasteiger partial charge in [0, 0.05) is 11.2 Å². The number of benzene rings is 1. The molecule has 2 saturated carbocycles. The molecular formula is C25H38N2O3. The van der Waals surface area contributed by atoms with Crippen molar-refractivity contribution in [3.63, 3.8) is 0 Å². The number of carbonyl (C=O) groups excluding carboxylic acids is 2. The Bertz CT molecular complexity index is 737. The van der Waals surface area contributed by atoms with E-state index < -0.39 is 10.8 Å². The fourth-order valence-corrected chi connectivity index (χ4v) is 5.54. The van der Waals surface area contributed by atoms with E-state index in [1.807, 2.05) is 45.0 Å². The molecule has 0 unspecified atom stereocenters. The van der Waals surface area contributed by atoms with Gasteiger partial charge in [0.05, 0.1) is 17.9 Å². The van der Waals surface area contributed by atoms with Crippen molar-refractivity contribution in [2.75, 3.05) is 12.4 Å². The monoisotopic (exact) mass is 414 g/mol. The summed E-state index contributed by atoms with van der Waals surface area (Å²) in [5, 5.41) is 6.42. The molecule has 1 aromatic rings. The highest BCUT2D eigenvalue weighted by atomic mass is 16.5. The number of methoxy groups -OCH3 is 1. The molecule has 1 aromatic carbocycles. The van der Waals surface area contributed by atoms with Crippen LogP contribution in [0.25, 0.3) is 0 Å². The second-order valence-electron chi connectivity index (χ2n) is 10.2. The van der Waals surface area contributed by atoms with Gasteiger partial charge in [-0.1, -0.05) is 38.5 Å².